The summed E-state index contributed by atoms with van der Waals surface area (Å²) in [6.07, 6.45) is 2.92. The summed E-state index contributed by atoms with van der Waals surface area (Å²) in [6, 6.07) is 6.81. The molecule has 2 amide bonds. The van der Waals surface area contributed by atoms with Crippen LogP contribution in [-0.4, -0.2) is 40.9 Å². The molecule has 1 unspecified atom stereocenters. The number of carbonyl (C=O) groups excluding carboxylic acids is 2. The minimum atomic E-state index is -0.883. The fourth-order valence-electron chi connectivity index (χ4n) is 2.91. The molecule has 0 spiro atoms. The van der Waals surface area contributed by atoms with Gasteiger partial charge in [-0.1, -0.05) is 19.1 Å². The van der Waals surface area contributed by atoms with Crippen molar-refractivity contribution in [2.45, 2.75) is 39.0 Å². The monoisotopic (exact) mass is 332 g/mol. The molecule has 6 nitrogen and oxygen atoms in total. The average molecular weight is 332 g/mol. The van der Waals surface area contributed by atoms with Gasteiger partial charge < -0.3 is 15.3 Å². The highest BCUT2D eigenvalue weighted by Crippen LogP contribution is 2.20. The molecule has 0 aromatic heterocycles. The number of nitrogens with zero attached hydrogens (tertiary/aromatic N) is 1. The van der Waals surface area contributed by atoms with Gasteiger partial charge in [0.2, 0.25) is 11.8 Å². The Morgan fingerprint density at radius 1 is 1.25 bits per heavy atom. The maximum atomic E-state index is 12.4. The van der Waals surface area contributed by atoms with E-state index in [2.05, 4.69) is 5.32 Å². The number of carboxylic acids is 1. The third kappa shape index (κ3) is 5.08. The Morgan fingerprint density at radius 2 is 1.96 bits per heavy atom. The number of piperidine rings is 1. The van der Waals surface area contributed by atoms with E-state index in [1.165, 1.54) is 0 Å². The number of nitrogens with one attached hydrogen (secondary N) is 1. The Balaban J connectivity index is 1.91. The van der Waals surface area contributed by atoms with Crippen molar-refractivity contribution in [1.82, 2.24) is 4.90 Å². The number of hydrogen-bond donors (Lipinski definition) is 2. The smallest absolute Gasteiger partial charge is 0.307 e. The quantitative estimate of drug-likeness (QED) is 0.837. The van der Waals surface area contributed by atoms with Gasteiger partial charge in [-0.2, -0.15) is 0 Å². The lowest BCUT2D eigenvalue weighted by molar-refractivity contribution is -0.136. The van der Waals surface area contributed by atoms with E-state index in [9.17, 15) is 14.4 Å². The first kappa shape index (κ1) is 18.0. The summed E-state index contributed by atoms with van der Waals surface area (Å²) in [7, 11) is 0. The van der Waals surface area contributed by atoms with E-state index in [-0.39, 0.29) is 24.2 Å². The van der Waals surface area contributed by atoms with Gasteiger partial charge in [-0.05, 0) is 37.0 Å². The zero-order valence-electron chi connectivity index (χ0n) is 14.0. The summed E-state index contributed by atoms with van der Waals surface area (Å²) in [5.74, 6) is -1.05. The van der Waals surface area contributed by atoms with E-state index in [1.807, 2.05) is 6.92 Å². The van der Waals surface area contributed by atoms with Crippen LogP contribution in [0, 0.1) is 5.92 Å². The molecule has 130 valence electrons. The molecule has 1 saturated heterocycles. The highest BCUT2D eigenvalue weighted by Gasteiger charge is 2.28. The molecule has 1 aliphatic rings. The van der Waals surface area contributed by atoms with E-state index in [4.69, 9.17) is 5.11 Å². The van der Waals surface area contributed by atoms with Crippen molar-refractivity contribution in [3.05, 3.63) is 29.8 Å². The fraction of sp³-hybridized carbons (Fsp3) is 0.500. The van der Waals surface area contributed by atoms with Crippen LogP contribution in [-0.2, 0) is 20.8 Å². The number of aliphatic carboxylic acids is 1. The Morgan fingerprint density at radius 3 is 2.58 bits per heavy atom. The summed E-state index contributed by atoms with van der Waals surface area (Å²) in [5, 5.41) is 11.6. The first-order valence-corrected chi connectivity index (χ1v) is 8.39. The van der Waals surface area contributed by atoms with Gasteiger partial charge in [0.05, 0.1) is 12.3 Å². The van der Waals surface area contributed by atoms with E-state index in [0.29, 0.717) is 24.2 Å². The van der Waals surface area contributed by atoms with Crippen LogP contribution in [0.5, 0.6) is 0 Å². The second-order valence-corrected chi connectivity index (χ2v) is 6.19. The molecule has 0 bridgehead atoms. The third-order valence-corrected chi connectivity index (χ3v) is 4.19. The van der Waals surface area contributed by atoms with Crippen molar-refractivity contribution in [3.63, 3.8) is 0 Å². The SMILES string of the molecule is CCCC(=O)N1CCCC(C(=O)Nc2ccc(CC(=O)O)cc2)C1. The summed E-state index contributed by atoms with van der Waals surface area (Å²) in [4.78, 5) is 36.9. The molecule has 1 atom stereocenters. The second-order valence-electron chi connectivity index (χ2n) is 6.19. The van der Waals surface area contributed by atoms with E-state index >= 15 is 0 Å². The normalized spacial score (nSPS) is 17.4. The lowest BCUT2D eigenvalue weighted by Crippen LogP contribution is -2.43. The van der Waals surface area contributed by atoms with Crippen LogP contribution in [0.3, 0.4) is 0 Å². The van der Waals surface area contributed by atoms with Crippen molar-refractivity contribution in [1.29, 1.82) is 0 Å². The number of hydrogen-bond acceptors (Lipinski definition) is 3. The Kier molecular flexibility index (Phi) is 6.35. The number of anilines is 1. The van der Waals surface area contributed by atoms with Crippen molar-refractivity contribution < 1.29 is 19.5 Å². The Bertz CT molecular complexity index is 598. The number of amides is 2. The molecule has 1 aromatic rings. The molecule has 24 heavy (non-hydrogen) atoms. The second kappa shape index (κ2) is 8.47. The fourth-order valence-corrected chi connectivity index (χ4v) is 2.91. The average Bonchev–Trinajstić information content (AvgIpc) is 2.56. The van der Waals surface area contributed by atoms with Crippen molar-refractivity contribution in [3.8, 4) is 0 Å². The molecule has 0 aliphatic carbocycles. The predicted octanol–water partition coefficient (Wildman–Crippen LogP) is 2.29. The minimum Gasteiger partial charge on any atom is -0.481 e. The van der Waals surface area contributed by atoms with Crippen LogP contribution in [0.1, 0.15) is 38.2 Å². The van der Waals surface area contributed by atoms with E-state index in [0.717, 1.165) is 25.8 Å². The zero-order chi connectivity index (χ0) is 17.5. The number of carbonyl (C=O) groups is 3. The molecule has 6 heteroatoms. The summed E-state index contributed by atoms with van der Waals surface area (Å²) < 4.78 is 0. The van der Waals surface area contributed by atoms with Gasteiger partial charge in [-0.25, -0.2) is 0 Å². The van der Waals surface area contributed by atoms with Gasteiger partial charge >= 0.3 is 5.97 Å². The molecule has 1 fully saturated rings. The molecule has 1 heterocycles. The van der Waals surface area contributed by atoms with Crippen LogP contribution in [0.15, 0.2) is 24.3 Å². The van der Waals surface area contributed by atoms with E-state index in [1.54, 1.807) is 29.2 Å². The molecule has 1 aromatic carbocycles. The van der Waals surface area contributed by atoms with Crippen LogP contribution in [0.2, 0.25) is 0 Å². The Labute approximate surface area is 141 Å². The zero-order valence-corrected chi connectivity index (χ0v) is 14.0. The van der Waals surface area contributed by atoms with Crippen molar-refractivity contribution in [2.75, 3.05) is 18.4 Å². The maximum Gasteiger partial charge on any atom is 0.307 e. The largest absolute Gasteiger partial charge is 0.481 e. The van der Waals surface area contributed by atoms with Crippen molar-refractivity contribution >= 4 is 23.5 Å². The highest BCUT2D eigenvalue weighted by atomic mass is 16.4. The van der Waals surface area contributed by atoms with Gasteiger partial charge in [-0.15, -0.1) is 0 Å². The third-order valence-electron chi connectivity index (χ3n) is 4.19. The van der Waals surface area contributed by atoms with Crippen LogP contribution < -0.4 is 5.32 Å². The van der Waals surface area contributed by atoms with E-state index < -0.39 is 5.97 Å². The topological polar surface area (TPSA) is 86.7 Å². The molecule has 2 rings (SSSR count). The van der Waals surface area contributed by atoms with Crippen LogP contribution in [0.4, 0.5) is 5.69 Å². The van der Waals surface area contributed by atoms with Gasteiger partial charge in [0.15, 0.2) is 0 Å². The summed E-state index contributed by atoms with van der Waals surface area (Å²) >= 11 is 0. The first-order valence-electron chi connectivity index (χ1n) is 8.39. The van der Waals surface area contributed by atoms with Crippen molar-refractivity contribution in [2.24, 2.45) is 5.92 Å². The van der Waals surface area contributed by atoms with Crippen LogP contribution in [0.25, 0.3) is 0 Å². The molecular formula is C18H24N2O4. The molecule has 0 saturated carbocycles. The molecule has 2 N–H and O–H groups in total. The maximum absolute atomic E-state index is 12.4. The number of rotatable bonds is 6. The number of carboxylic acid groups (broad SMARTS) is 1. The standard InChI is InChI=1S/C18H24N2O4/c1-2-4-16(21)20-10-3-5-14(12-20)18(24)19-15-8-6-13(7-9-15)11-17(22)23/h6-9,14H,2-5,10-12H2,1H3,(H,19,24)(H,22,23). The lowest BCUT2D eigenvalue weighted by Gasteiger charge is -2.32. The molecule has 1 aliphatic heterocycles. The molecular weight excluding hydrogens is 308 g/mol. The van der Waals surface area contributed by atoms with Gasteiger partial charge in [0.1, 0.15) is 0 Å². The number of benzene rings is 1. The summed E-state index contributed by atoms with van der Waals surface area (Å²) in [6.45, 7) is 3.17. The van der Waals surface area contributed by atoms with Gasteiger partial charge in [0.25, 0.3) is 0 Å². The lowest BCUT2D eigenvalue weighted by atomic mass is 9.96. The number of likely N-dealkylation sites (tertiary alicyclic amines) is 1. The Hall–Kier alpha value is -2.37. The summed E-state index contributed by atoms with van der Waals surface area (Å²) in [5.41, 5.74) is 1.33. The van der Waals surface area contributed by atoms with Gasteiger partial charge in [0, 0.05) is 25.2 Å². The molecule has 0 radical (unpaired) electrons. The van der Waals surface area contributed by atoms with Gasteiger partial charge in [-0.3, -0.25) is 14.4 Å². The first-order chi connectivity index (χ1) is 11.5. The van der Waals surface area contributed by atoms with Crippen LogP contribution >= 0.6 is 0 Å². The minimum absolute atomic E-state index is 0.0364. The highest BCUT2D eigenvalue weighted by molar-refractivity contribution is 5.93. The predicted molar refractivity (Wildman–Crippen MR) is 90.6 cm³/mol.